The summed E-state index contributed by atoms with van der Waals surface area (Å²) in [6.45, 7) is 8.06. The number of rotatable bonds is 6. The van der Waals surface area contributed by atoms with Crippen LogP contribution in [0.3, 0.4) is 0 Å². The minimum absolute atomic E-state index is 0.0672. The Labute approximate surface area is 94.1 Å². The van der Waals surface area contributed by atoms with Crippen LogP contribution in [0.2, 0.25) is 0 Å². The highest BCUT2D eigenvalue weighted by Crippen LogP contribution is 2.06. The van der Waals surface area contributed by atoms with Gasteiger partial charge in [-0.1, -0.05) is 13.3 Å². The van der Waals surface area contributed by atoms with Crippen molar-refractivity contribution in [2.24, 2.45) is 0 Å². The van der Waals surface area contributed by atoms with E-state index in [0.29, 0.717) is 0 Å². The van der Waals surface area contributed by atoms with E-state index < -0.39 is 0 Å². The van der Waals surface area contributed by atoms with E-state index in [1.54, 1.807) is 0 Å². The number of likely N-dealkylation sites (N-methyl/N-ethyl adjacent to an activating group) is 1. The highest BCUT2D eigenvalue weighted by Gasteiger charge is 2.13. The van der Waals surface area contributed by atoms with Gasteiger partial charge in [0.05, 0.1) is 6.10 Å². The fourth-order valence-corrected chi connectivity index (χ4v) is 2.10. The summed E-state index contributed by atoms with van der Waals surface area (Å²) >= 11 is 0. The first kappa shape index (κ1) is 12.9. The second-order valence-electron chi connectivity index (χ2n) is 4.73. The predicted octanol–water partition coefficient (Wildman–Crippen LogP) is 1.18. The van der Waals surface area contributed by atoms with Crippen LogP contribution in [0.5, 0.6) is 0 Å². The fourth-order valence-electron chi connectivity index (χ4n) is 2.10. The zero-order chi connectivity index (χ0) is 11.1. The van der Waals surface area contributed by atoms with Gasteiger partial charge in [0.1, 0.15) is 0 Å². The number of piperazine rings is 1. The molecule has 15 heavy (non-hydrogen) atoms. The molecule has 0 spiro atoms. The molecule has 0 amide bonds. The van der Waals surface area contributed by atoms with Crippen LogP contribution < -0.4 is 0 Å². The molecule has 0 bridgehead atoms. The molecular weight excluding hydrogens is 188 g/mol. The van der Waals surface area contributed by atoms with E-state index in [9.17, 15) is 5.11 Å². The average Bonchev–Trinajstić information content (AvgIpc) is 2.21. The number of aliphatic hydroxyl groups is 1. The molecule has 0 aromatic rings. The van der Waals surface area contributed by atoms with E-state index in [1.807, 2.05) is 0 Å². The fraction of sp³-hybridized carbons (Fsp3) is 1.00. The third-order valence-corrected chi connectivity index (χ3v) is 3.23. The topological polar surface area (TPSA) is 26.7 Å². The molecule has 1 heterocycles. The van der Waals surface area contributed by atoms with Gasteiger partial charge in [0, 0.05) is 26.2 Å². The van der Waals surface area contributed by atoms with Gasteiger partial charge in [-0.15, -0.1) is 0 Å². The number of nitrogens with zero attached hydrogens (tertiary/aromatic N) is 2. The lowest BCUT2D eigenvalue weighted by molar-refractivity contribution is 0.126. The minimum atomic E-state index is -0.0672. The van der Waals surface area contributed by atoms with Crippen LogP contribution in [0.25, 0.3) is 0 Å². The van der Waals surface area contributed by atoms with Crippen molar-refractivity contribution in [2.75, 3.05) is 39.8 Å². The second-order valence-corrected chi connectivity index (χ2v) is 4.73. The van der Waals surface area contributed by atoms with Gasteiger partial charge in [0.25, 0.3) is 0 Å². The Balaban J connectivity index is 2.00. The van der Waals surface area contributed by atoms with E-state index >= 15 is 0 Å². The second kappa shape index (κ2) is 7.20. The Morgan fingerprint density at radius 3 is 2.40 bits per heavy atom. The van der Waals surface area contributed by atoms with Gasteiger partial charge < -0.3 is 14.9 Å². The Morgan fingerprint density at radius 1 is 1.13 bits per heavy atom. The monoisotopic (exact) mass is 214 g/mol. The lowest BCUT2D eigenvalue weighted by atomic mass is 10.1. The van der Waals surface area contributed by atoms with Gasteiger partial charge in [0.15, 0.2) is 0 Å². The van der Waals surface area contributed by atoms with Crippen LogP contribution in [-0.4, -0.2) is 60.8 Å². The summed E-state index contributed by atoms with van der Waals surface area (Å²) in [4.78, 5) is 4.89. The largest absolute Gasteiger partial charge is 0.393 e. The summed E-state index contributed by atoms with van der Waals surface area (Å²) in [5, 5.41) is 9.59. The summed E-state index contributed by atoms with van der Waals surface area (Å²) in [7, 11) is 2.18. The van der Waals surface area contributed by atoms with Crippen LogP contribution in [0.15, 0.2) is 0 Å². The average molecular weight is 214 g/mol. The quantitative estimate of drug-likeness (QED) is 0.719. The predicted molar refractivity (Wildman–Crippen MR) is 64.1 cm³/mol. The van der Waals surface area contributed by atoms with Crippen molar-refractivity contribution in [3.8, 4) is 0 Å². The highest BCUT2D eigenvalue weighted by molar-refractivity contribution is 4.69. The Bertz CT molecular complexity index is 156. The molecule has 1 aliphatic heterocycles. The Morgan fingerprint density at radius 2 is 1.80 bits per heavy atom. The van der Waals surface area contributed by atoms with Crippen LogP contribution in [-0.2, 0) is 0 Å². The molecular formula is C12H26N2O. The summed E-state index contributed by atoms with van der Waals surface area (Å²) in [6, 6.07) is 0. The van der Waals surface area contributed by atoms with Gasteiger partial charge in [-0.2, -0.15) is 0 Å². The van der Waals surface area contributed by atoms with Crippen molar-refractivity contribution >= 4 is 0 Å². The summed E-state index contributed by atoms with van der Waals surface area (Å²) < 4.78 is 0. The normalized spacial score (nSPS) is 21.8. The first-order valence-electron chi connectivity index (χ1n) is 6.31. The van der Waals surface area contributed by atoms with Gasteiger partial charge in [-0.05, 0) is 32.9 Å². The maximum atomic E-state index is 9.59. The SMILES string of the molecule is CCCC(O)CCCN1CCN(C)CC1. The van der Waals surface area contributed by atoms with Gasteiger partial charge in [-0.25, -0.2) is 0 Å². The third kappa shape index (κ3) is 5.50. The van der Waals surface area contributed by atoms with Gasteiger partial charge in [0.2, 0.25) is 0 Å². The van der Waals surface area contributed by atoms with E-state index in [2.05, 4.69) is 23.8 Å². The number of hydrogen-bond acceptors (Lipinski definition) is 3. The van der Waals surface area contributed by atoms with Crippen LogP contribution in [0.1, 0.15) is 32.6 Å². The first-order valence-corrected chi connectivity index (χ1v) is 6.31. The van der Waals surface area contributed by atoms with E-state index in [0.717, 1.165) is 32.2 Å². The molecule has 1 fully saturated rings. The number of hydrogen-bond donors (Lipinski definition) is 1. The molecule has 0 aromatic heterocycles. The van der Waals surface area contributed by atoms with Crippen molar-refractivity contribution < 1.29 is 5.11 Å². The molecule has 0 aliphatic carbocycles. The zero-order valence-corrected chi connectivity index (χ0v) is 10.3. The molecule has 1 N–H and O–H groups in total. The van der Waals surface area contributed by atoms with Gasteiger partial charge in [-0.3, -0.25) is 0 Å². The lowest BCUT2D eigenvalue weighted by Gasteiger charge is -2.32. The van der Waals surface area contributed by atoms with Crippen LogP contribution >= 0.6 is 0 Å². The van der Waals surface area contributed by atoms with Crippen LogP contribution in [0, 0.1) is 0 Å². The Hall–Kier alpha value is -0.120. The smallest absolute Gasteiger partial charge is 0.0540 e. The van der Waals surface area contributed by atoms with Crippen molar-refractivity contribution in [1.29, 1.82) is 0 Å². The third-order valence-electron chi connectivity index (χ3n) is 3.23. The number of aliphatic hydroxyl groups excluding tert-OH is 1. The molecule has 1 atom stereocenters. The molecule has 0 saturated carbocycles. The molecule has 1 aliphatic rings. The van der Waals surface area contributed by atoms with E-state index in [4.69, 9.17) is 0 Å². The van der Waals surface area contributed by atoms with Crippen molar-refractivity contribution in [3.05, 3.63) is 0 Å². The Kier molecular flexibility index (Phi) is 6.22. The van der Waals surface area contributed by atoms with Crippen LogP contribution in [0.4, 0.5) is 0 Å². The van der Waals surface area contributed by atoms with Crippen molar-refractivity contribution in [3.63, 3.8) is 0 Å². The standard InChI is InChI=1S/C12H26N2O/c1-3-5-12(15)6-4-7-14-10-8-13(2)9-11-14/h12,15H,3-11H2,1-2H3. The first-order chi connectivity index (χ1) is 7.22. The molecule has 0 radical (unpaired) electrons. The summed E-state index contributed by atoms with van der Waals surface area (Å²) in [6.07, 6.45) is 4.10. The molecule has 3 nitrogen and oxygen atoms in total. The maximum absolute atomic E-state index is 9.59. The summed E-state index contributed by atoms with van der Waals surface area (Å²) in [5.74, 6) is 0. The summed E-state index contributed by atoms with van der Waals surface area (Å²) in [5.41, 5.74) is 0. The molecule has 0 aromatic carbocycles. The molecule has 1 rings (SSSR count). The molecule has 90 valence electrons. The minimum Gasteiger partial charge on any atom is -0.393 e. The molecule has 1 saturated heterocycles. The maximum Gasteiger partial charge on any atom is 0.0540 e. The van der Waals surface area contributed by atoms with Crippen molar-refractivity contribution in [2.45, 2.75) is 38.7 Å². The van der Waals surface area contributed by atoms with Crippen molar-refractivity contribution in [1.82, 2.24) is 9.80 Å². The van der Waals surface area contributed by atoms with Gasteiger partial charge >= 0.3 is 0 Å². The van der Waals surface area contributed by atoms with E-state index in [-0.39, 0.29) is 6.10 Å². The van der Waals surface area contributed by atoms with E-state index in [1.165, 1.54) is 26.2 Å². The lowest BCUT2D eigenvalue weighted by Crippen LogP contribution is -2.44. The zero-order valence-electron chi connectivity index (χ0n) is 10.3. The molecule has 3 heteroatoms. The highest BCUT2D eigenvalue weighted by atomic mass is 16.3. The molecule has 1 unspecified atom stereocenters.